The minimum Gasteiger partial charge on any atom is -0.410 e. The van der Waals surface area contributed by atoms with Crippen LogP contribution in [0.15, 0.2) is 54.9 Å². The first-order chi connectivity index (χ1) is 16.0. The van der Waals surface area contributed by atoms with Crippen molar-refractivity contribution < 1.29 is 23.8 Å². The van der Waals surface area contributed by atoms with Gasteiger partial charge >= 0.3 is 6.09 Å². The number of aromatic nitrogens is 2. The van der Waals surface area contributed by atoms with Crippen molar-refractivity contribution in [3.8, 4) is 16.9 Å². The Morgan fingerprint density at radius 1 is 1.15 bits per heavy atom. The number of fused-ring (bicyclic) bond motifs is 1. The van der Waals surface area contributed by atoms with Crippen LogP contribution in [0.1, 0.15) is 27.7 Å². The maximum absolute atomic E-state index is 13.2. The molecule has 2 aromatic carbocycles. The van der Waals surface area contributed by atoms with Crippen LogP contribution in [0.2, 0.25) is 0 Å². The molecule has 3 aromatic rings. The largest absolute Gasteiger partial charge is 0.419 e. The summed E-state index contributed by atoms with van der Waals surface area (Å²) in [6.45, 7) is 7.31. The average Bonchev–Trinajstić information content (AvgIpc) is 3.20. The summed E-state index contributed by atoms with van der Waals surface area (Å²) in [4.78, 5) is 28.6. The van der Waals surface area contributed by atoms with E-state index in [0.717, 1.165) is 11.1 Å². The van der Waals surface area contributed by atoms with Crippen LogP contribution in [0, 0.1) is 5.82 Å². The Morgan fingerprint density at radius 3 is 2.50 bits per heavy atom. The van der Waals surface area contributed by atoms with Crippen LogP contribution >= 0.6 is 0 Å². The van der Waals surface area contributed by atoms with Crippen LogP contribution in [0.3, 0.4) is 0 Å². The molecule has 0 spiro atoms. The summed E-state index contributed by atoms with van der Waals surface area (Å²) in [6, 6.07) is 10.4. The average molecular weight is 467 g/mol. The first kappa shape index (κ1) is 23.4. The number of nitrogens with zero attached hydrogens (tertiary/aromatic N) is 4. The van der Waals surface area contributed by atoms with Gasteiger partial charge in [0.15, 0.2) is 0 Å². The second kappa shape index (κ2) is 8.90. The van der Waals surface area contributed by atoms with Crippen LogP contribution in [-0.4, -0.2) is 45.1 Å². The number of ether oxygens (including phenoxy) is 1. The highest BCUT2D eigenvalue weighted by atomic mass is 19.1. The van der Waals surface area contributed by atoms with Gasteiger partial charge < -0.3 is 14.7 Å². The Labute approximate surface area is 197 Å². The molecular weight excluding hydrogens is 439 g/mol. The maximum Gasteiger partial charge on any atom is 0.419 e. The van der Waals surface area contributed by atoms with Gasteiger partial charge in [0, 0.05) is 25.2 Å². The molecule has 0 radical (unpaired) electrons. The molecule has 0 aliphatic carbocycles. The van der Waals surface area contributed by atoms with Gasteiger partial charge in [-0.2, -0.15) is 5.10 Å². The van der Waals surface area contributed by atoms with Gasteiger partial charge in [-0.3, -0.25) is 14.4 Å². The summed E-state index contributed by atoms with van der Waals surface area (Å²) < 4.78 is 20.4. The third kappa shape index (κ3) is 4.94. The van der Waals surface area contributed by atoms with Crippen LogP contribution < -0.4 is 14.5 Å². The third-order valence-corrected chi connectivity index (χ3v) is 5.51. The normalized spacial score (nSPS) is 15.8. The fraction of sp³-hybridized carbons (Fsp3) is 0.320. The lowest BCUT2D eigenvalue weighted by molar-refractivity contribution is -0.117. The molecule has 1 aliphatic rings. The molecule has 4 rings (SSSR count). The van der Waals surface area contributed by atoms with Gasteiger partial charge in [0.05, 0.1) is 35.8 Å². The fourth-order valence-corrected chi connectivity index (χ4v) is 4.11. The Balaban J connectivity index is 1.70. The van der Waals surface area contributed by atoms with Gasteiger partial charge in [0.1, 0.15) is 11.6 Å². The molecule has 8 nitrogen and oxygen atoms in total. The van der Waals surface area contributed by atoms with E-state index in [4.69, 9.17) is 4.74 Å². The van der Waals surface area contributed by atoms with Crippen LogP contribution in [-0.2, 0) is 11.3 Å². The molecule has 34 heavy (non-hydrogen) atoms. The summed E-state index contributed by atoms with van der Waals surface area (Å²) >= 11 is 0. The number of hydrogen-bond donors (Lipinski definition) is 1. The van der Waals surface area contributed by atoms with E-state index in [-0.39, 0.29) is 24.2 Å². The molecule has 0 unspecified atom stereocenters. The van der Waals surface area contributed by atoms with Crippen molar-refractivity contribution in [2.75, 3.05) is 16.3 Å². The summed E-state index contributed by atoms with van der Waals surface area (Å²) in [5.41, 5.74) is 1.78. The van der Waals surface area contributed by atoms with E-state index in [1.165, 1.54) is 36.1 Å². The molecule has 0 fully saturated rings. The van der Waals surface area contributed by atoms with E-state index in [1.54, 1.807) is 35.7 Å². The Hall–Kier alpha value is -3.72. The van der Waals surface area contributed by atoms with Gasteiger partial charge in [-0.05, 0) is 62.7 Å². The van der Waals surface area contributed by atoms with E-state index >= 15 is 0 Å². The number of carbonyl (C=O) groups is 2. The zero-order chi connectivity index (χ0) is 24.6. The van der Waals surface area contributed by atoms with Gasteiger partial charge in [0.2, 0.25) is 5.91 Å². The molecule has 1 atom stereocenters. The monoisotopic (exact) mass is 466 g/mol. The first-order valence-corrected chi connectivity index (χ1v) is 11.0. The van der Waals surface area contributed by atoms with E-state index in [0.29, 0.717) is 17.9 Å². The van der Waals surface area contributed by atoms with Crippen LogP contribution in [0.5, 0.6) is 5.75 Å². The summed E-state index contributed by atoms with van der Waals surface area (Å²) in [6.07, 6.45) is 2.87. The van der Waals surface area contributed by atoms with Crippen molar-refractivity contribution in [3.63, 3.8) is 0 Å². The Bertz CT molecular complexity index is 1220. The molecule has 1 aliphatic heterocycles. The predicted molar refractivity (Wildman–Crippen MR) is 126 cm³/mol. The third-order valence-electron chi connectivity index (χ3n) is 5.51. The second-order valence-electron chi connectivity index (χ2n) is 9.11. The minimum absolute atomic E-state index is 0.133. The fourth-order valence-electron chi connectivity index (χ4n) is 4.11. The van der Waals surface area contributed by atoms with Crippen molar-refractivity contribution in [1.29, 1.82) is 0 Å². The SMILES string of the molecule is CC(=O)N1c2ccc(-c3cnn(CC(C)(C)O)c3)cc2N(C(=O)Oc2ccc(F)cc2)C[C@@H]1C. The van der Waals surface area contributed by atoms with Crippen molar-refractivity contribution in [2.24, 2.45) is 0 Å². The second-order valence-corrected chi connectivity index (χ2v) is 9.11. The summed E-state index contributed by atoms with van der Waals surface area (Å²) in [5.74, 6) is -0.340. The number of aliphatic hydroxyl groups is 1. The van der Waals surface area contributed by atoms with Gasteiger partial charge in [-0.15, -0.1) is 0 Å². The van der Waals surface area contributed by atoms with E-state index in [9.17, 15) is 19.1 Å². The van der Waals surface area contributed by atoms with Crippen LogP contribution in [0.4, 0.5) is 20.6 Å². The molecule has 1 aromatic heterocycles. The van der Waals surface area contributed by atoms with Crippen molar-refractivity contribution in [3.05, 3.63) is 60.7 Å². The number of amides is 2. The highest BCUT2D eigenvalue weighted by Crippen LogP contribution is 2.39. The van der Waals surface area contributed by atoms with E-state index < -0.39 is 17.5 Å². The molecule has 0 saturated carbocycles. The lowest BCUT2D eigenvalue weighted by Gasteiger charge is -2.40. The molecule has 0 bridgehead atoms. The summed E-state index contributed by atoms with van der Waals surface area (Å²) in [7, 11) is 0. The molecular formula is C25H27FN4O4. The molecule has 9 heteroatoms. The van der Waals surface area contributed by atoms with E-state index in [2.05, 4.69) is 5.10 Å². The molecule has 2 heterocycles. The standard InChI is InChI=1S/C25H27FN4O4/c1-16-13-29(24(32)34-21-8-6-20(26)7-9-21)23-11-18(5-10-22(23)30(16)17(2)31)19-12-27-28(14-19)15-25(3,4)33/h5-12,14,16,33H,13,15H2,1-4H3/t16-/m0/s1. The zero-order valence-electron chi connectivity index (χ0n) is 19.5. The Kier molecular flexibility index (Phi) is 6.14. The van der Waals surface area contributed by atoms with Crippen molar-refractivity contribution >= 4 is 23.4 Å². The quantitative estimate of drug-likeness (QED) is 0.622. The van der Waals surface area contributed by atoms with Gasteiger partial charge in [0.25, 0.3) is 0 Å². The van der Waals surface area contributed by atoms with Gasteiger partial charge in [-0.1, -0.05) is 6.07 Å². The zero-order valence-corrected chi connectivity index (χ0v) is 19.5. The van der Waals surface area contributed by atoms with Gasteiger partial charge in [-0.25, -0.2) is 9.18 Å². The maximum atomic E-state index is 13.2. The molecule has 0 saturated heterocycles. The molecule has 1 N–H and O–H groups in total. The lowest BCUT2D eigenvalue weighted by Crippen LogP contribution is -2.52. The molecule has 2 amide bonds. The smallest absolute Gasteiger partial charge is 0.410 e. The number of carbonyl (C=O) groups excluding carboxylic acids is 2. The highest BCUT2D eigenvalue weighted by Gasteiger charge is 2.35. The molecule has 178 valence electrons. The topological polar surface area (TPSA) is 87.9 Å². The number of hydrogen-bond acceptors (Lipinski definition) is 5. The van der Waals surface area contributed by atoms with Crippen molar-refractivity contribution in [1.82, 2.24) is 9.78 Å². The number of halogens is 1. The number of anilines is 2. The van der Waals surface area contributed by atoms with Crippen LogP contribution in [0.25, 0.3) is 11.1 Å². The number of rotatable bonds is 4. The van der Waals surface area contributed by atoms with Crippen molar-refractivity contribution in [2.45, 2.75) is 45.9 Å². The highest BCUT2D eigenvalue weighted by molar-refractivity contribution is 6.03. The Morgan fingerprint density at radius 2 is 1.85 bits per heavy atom. The minimum atomic E-state index is -0.918. The summed E-state index contributed by atoms with van der Waals surface area (Å²) in [5, 5.41) is 14.4. The number of benzene rings is 2. The predicted octanol–water partition coefficient (Wildman–Crippen LogP) is 4.22. The first-order valence-electron chi connectivity index (χ1n) is 11.0. The lowest BCUT2D eigenvalue weighted by atomic mass is 10.0. The van der Waals surface area contributed by atoms with E-state index in [1.807, 2.05) is 25.3 Å².